The quantitative estimate of drug-likeness (QED) is 0.746. The van der Waals surface area contributed by atoms with Crippen LogP contribution in [0, 0.1) is 5.92 Å². The first-order chi connectivity index (χ1) is 6.35. The van der Waals surface area contributed by atoms with E-state index in [-0.39, 0.29) is 0 Å². The summed E-state index contributed by atoms with van der Waals surface area (Å²) in [5.74, 6) is 1.50. The van der Waals surface area contributed by atoms with Crippen LogP contribution in [0.3, 0.4) is 0 Å². The topological polar surface area (TPSA) is 26.0 Å². The van der Waals surface area contributed by atoms with Gasteiger partial charge in [0.25, 0.3) is 0 Å². The Bertz CT molecular complexity index is 281. The summed E-state index contributed by atoms with van der Waals surface area (Å²) in [4.78, 5) is 1.34. The fourth-order valence-electron chi connectivity index (χ4n) is 1.77. The van der Waals surface area contributed by atoms with E-state index < -0.39 is 0 Å². The third kappa shape index (κ3) is 1.89. The van der Waals surface area contributed by atoms with Gasteiger partial charge in [-0.15, -0.1) is 11.8 Å². The van der Waals surface area contributed by atoms with Gasteiger partial charge >= 0.3 is 0 Å². The molecule has 13 heavy (non-hydrogen) atoms. The van der Waals surface area contributed by atoms with Crippen LogP contribution in [0.25, 0.3) is 0 Å². The van der Waals surface area contributed by atoms with Crippen molar-refractivity contribution in [2.24, 2.45) is 11.7 Å². The molecule has 0 saturated heterocycles. The van der Waals surface area contributed by atoms with Crippen molar-refractivity contribution < 1.29 is 0 Å². The van der Waals surface area contributed by atoms with Gasteiger partial charge in [0.05, 0.1) is 0 Å². The highest BCUT2D eigenvalue weighted by Gasteiger charge is 2.36. The minimum atomic E-state index is 0.750. The molecule has 0 aromatic heterocycles. The van der Waals surface area contributed by atoms with E-state index in [1.54, 1.807) is 11.8 Å². The van der Waals surface area contributed by atoms with Gasteiger partial charge in [-0.05, 0) is 48.8 Å². The Labute approximate surface area is 83.7 Å². The van der Waals surface area contributed by atoms with Gasteiger partial charge in [-0.25, -0.2) is 0 Å². The van der Waals surface area contributed by atoms with Gasteiger partial charge in [0, 0.05) is 4.90 Å². The molecule has 0 spiro atoms. The zero-order chi connectivity index (χ0) is 9.26. The van der Waals surface area contributed by atoms with Gasteiger partial charge in [-0.1, -0.05) is 12.1 Å². The third-order valence-corrected chi connectivity index (χ3v) is 3.51. The number of thioether (sulfide) groups is 1. The van der Waals surface area contributed by atoms with Crippen LogP contribution in [0.4, 0.5) is 0 Å². The van der Waals surface area contributed by atoms with Crippen LogP contribution in [0.2, 0.25) is 0 Å². The maximum atomic E-state index is 5.61. The Morgan fingerprint density at radius 2 is 2.08 bits per heavy atom. The lowest BCUT2D eigenvalue weighted by Crippen LogP contribution is -2.01. The SMILES string of the molecule is CSc1ccc([C@@H]2C[C@H]2CN)cc1. The predicted octanol–water partition coefficient (Wildman–Crippen LogP) is 2.47. The molecular formula is C11H15NS. The number of hydrogen-bond donors (Lipinski definition) is 1. The first-order valence-corrected chi connectivity index (χ1v) is 5.91. The molecule has 0 amide bonds. The molecule has 0 heterocycles. The van der Waals surface area contributed by atoms with E-state index in [1.807, 2.05) is 0 Å². The molecule has 2 heteroatoms. The molecule has 1 aliphatic carbocycles. The lowest BCUT2D eigenvalue weighted by molar-refractivity contribution is 0.809. The van der Waals surface area contributed by atoms with Crippen LogP contribution in [0.5, 0.6) is 0 Å². The van der Waals surface area contributed by atoms with E-state index >= 15 is 0 Å². The Morgan fingerprint density at radius 1 is 1.38 bits per heavy atom. The summed E-state index contributed by atoms with van der Waals surface area (Å²) in [7, 11) is 0. The summed E-state index contributed by atoms with van der Waals surface area (Å²) >= 11 is 1.79. The molecule has 0 bridgehead atoms. The summed E-state index contributed by atoms with van der Waals surface area (Å²) in [5.41, 5.74) is 7.08. The number of benzene rings is 1. The van der Waals surface area contributed by atoms with Crippen molar-refractivity contribution in [3.05, 3.63) is 29.8 Å². The highest BCUT2D eigenvalue weighted by molar-refractivity contribution is 7.98. The Morgan fingerprint density at radius 3 is 2.54 bits per heavy atom. The molecule has 1 aliphatic rings. The predicted molar refractivity (Wildman–Crippen MR) is 58.1 cm³/mol. The van der Waals surface area contributed by atoms with Gasteiger partial charge in [-0.2, -0.15) is 0 Å². The number of hydrogen-bond acceptors (Lipinski definition) is 2. The molecule has 1 nitrogen and oxygen atoms in total. The molecule has 0 radical (unpaired) electrons. The second-order valence-corrected chi connectivity index (χ2v) is 4.49. The zero-order valence-electron chi connectivity index (χ0n) is 7.86. The molecule has 1 aromatic rings. The average molecular weight is 193 g/mol. The smallest absolute Gasteiger partial charge is 0.00693 e. The van der Waals surface area contributed by atoms with E-state index in [0.717, 1.165) is 18.4 Å². The van der Waals surface area contributed by atoms with E-state index in [1.165, 1.54) is 16.9 Å². The molecule has 2 atom stereocenters. The second-order valence-electron chi connectivity index (χ2n) is 3.61. The first kappa shape index (κ1) is 9.10. The Hall–Kier alpha value is -0.470. The van der Waals surface area contributed by atoms with Crippen LogP contribution in [0.1, 0.15) is 17.9 Å². The third-order valence-electron chi connectivity index (χ3n) is 2.77. The lowest BCUT2D eigenvalue weighted by Gasteiger charge is -2.00. The van der Waals surface area contributed by atoms with Crippen molar-refractivity contribution in [2.75, 3.05) is 12.8 Å². The normalized spacial score (nSPS) is 26.0. The zero-order valence-corrected chi connectivity index (χ0v) is 8.68. The molecule has 0 aliphatic heterocycles. The van der Waals surface area contributed by atoms with Crippen molar-refractivity contribution in [3.8, 4) is 0 Å². The molecular weight excluding hydrogens is 178 g/mol. The average Bonchev–Trinajstić information content (AvgIpc) is 2.97. The maximum Gasteiger partial charge on any atom is 0.00693 e. The maximum absolute atomic E-state index is 5.61. The minimum Gasteiger partial charge on any atom is -0.330 e. The van der Waals surface area contributed by atoms with Gasteiger partial charge in [0.15, 0.2) is 0 Å². The molecule has 2 N–H and O–H groups in total. The highest BCUT2D eigenvalue weighted by Crippen LogP contribution is 2.46. The van der Waals surface area contributed by atoms with Crippen molar-refractivity contribution in [1.82, 2.24) is 0 Å². The molecule has 1 aromatic carbocycles. The highest BCUT2D eigenvalue weighted by atomic mass is 32.2. The van der Waals surface area contributed by atoms with Gasteiger partial charge in [0.2, 0.25) is 0 Å². The molecule has 70 valence electrons. The number of rotatable bonds is 3. The van der Waals surface area contributed by atoms with Crippen molar-refractivity contribution in [2.45, 2.75) is 17.2 Å². The van der Waals surface area contributed by atoms with Crippen LogP contribution in [-0.4, -0.2) is 12.8 Å². The van der Waals surface area contributed by atoms with E-state index in [4.69, 9.17) is 5.73 Å². The Kier molecular flexibility index (Phi) is 2.61. The van der Waals surface area contributed by atoms with E-state index in [0.29, 0.717) is 0 Å². The largest absolute Gasteiger partial charge is 0.330 e. The fourth-order valence-corrected chi connectivity index (χ4v) is 2.18. The van der Waals surface area contributed by atoms with Gasteiger partial charge < -0.3 is 5.73 Å². The summed E-state index contributed by atoms with van der Waals surface area (Å²) in [5, 5.41) is 0. The second kappa shape index (κ2) is 3.72. The Balaban J connectivity index is 2.07. The fraction of sp³-hybridized carbons (Fsp3) is 0.455. The lowest BCUT2D eigenvalue weighted by atomic mass is 10.1. The monoisotopic (exact) mass is 193 g/mol. The summed E-state index contributed by atoms with van der Waals surface area (Å²) < 4.78 is 0. The standard InChI is InChI=1S/C11H15NS/c1-13-10-4-2-8(3-5-10)11-6-9(11)7-12/h2-5,9,11H,6-7,12H2,1H3/t9-,11-/m0/s1. The summed E-state index contributed by atoms with van der Waals surface area (Å²) in [6, 6.07) is 8.89. The van der Waals surface area contributed by atoms with Crippen molar-refractivity contribution >= 4 is 11.8 Å². The van der Waals surface area contributed by atoms with Crippen molar-refractivity contribution in [3.63, 3.8) is 0 Å². The van der Waals surface area contributed by atoms with Gasteiger partial charge in [0.1, 0.15) is 0 Å². The van der Waals surface area contributed by atoms with Crippen LogP contribution in [0.15, 0.2) is 29.2 Å². The molecule has 1 saturated carbocycles. The summed E-state index contributed by atoms with van der Waals surface area (Å²) in [6.45, 7) is 0.842. The van der Waals surface area contributed by atoms with Gasteiger partial charge in [-0.3, -0.25) is 0 Å². The first-order valence-electron chi connectivity index (χ1n) is 4.69. The molecule has 0 unspecified atom stereocenters. The van der Waals surface area contributed by atoms with Crippen LogP contribution >= 0.6 is 11.8 Å². The van der Waals surface area contributed by atoms with Crippen LogP contribution < -0.4 is 5.73 Å². The molecule has 2 rings (SSSR count). The van der Waals surface area contributed by atoms with Crippen molar-refractivity contribution in [1.29, 1.82) is 0 Å². The molecule has 1 fully saturated rings. The minimum absolute atomic E-state index is 0.750. The van der Waals surface area contributed by atoms with E-state index in [9.17, 15) is 0 Å². The summed E-state index contributed by atoms with van der Waals surface area (Å²) in [6.07, 6.45) is 3.39. The van der Waals surface area contributed by atoms with E-state index in [2.05, 4.69) is 30.5 Å². The number of nitrogens with two attached hydrogens (primary N) is 1. The van der Waals surface area contributed by atoms with Crippen LogP contribution in [-0.2, 0) is 0 Å².